The Balaban J connectivity index is 1.63. The highest BCUT2D eigenvalue weighted by Gasteiger charge is 2.09. The van der Waals surface area contributed by atoms with Gasteiger partial charge in [-0.3, -0.25) is 0 Å². The van der Waals surface area contributed by atoms with E-state index in [-0.39, 0.29) is 18.3 Å². The molecule has 4 N–H and O–H groups in total. The van der Waals surface area contributed by atoms with E-state index in [1.54, 1.807) is 12.1 Å². The Hall–Kier alpha value is -2.53. The molecule has 0 aliphatic carbocycles. The van der Waals surface area contributed by atoms with Crippen molar-refractivity contribution in [3.63, 3.8) is 0 Å². The van der Waals surface area contributed by atoms with Gasteiger partial charge in [0.25, 0.3) is 0 Å². The molecule has 2 rings (SSSR count). The van der Waals surface area contributed by atoms with Gasteiger partial charge < -0.3 is 20.8 Å². The molecule has 2 aromatic carbocycles. The van der Waals surface area contributed by atoms with Gasteiger partial charge in [-0.2, -0.15) is 0 Å². The lowest BCUT2D eigenvalue weighted by atomic mass is 10.1. The highest BCUT2D eigenvalue weighted by molar-refractivity contribution is 5.73. The van der Waals surface area contributed by atoms with Crippen molar-refractivity contribution in [3.05, 3.63) is 65.2 Å². The molecule has 2 amide bonds. The molecule has 0 saturated carbocycles. The second kappa shape index (κ2) is 8.93. The first-order valence-electron chi connectivity index (χ1n) is 8.09. The smallest absolute Gasteiger partial charge is 0.314 e. The van der Waals surface area contributed by atoms with Crippen LogP contribution in [0, 0.1) is 6.92 Å². The first kappa shape index (κ1) is 17.8. The van der Waals surface area contributed by atoms with E-state index < -0.39 is 6.10 Å². The number of aromatic hydroxyl groups is 1. The number of rotatable bonds is 7. The summed E-state index contributed by atoms with van der Waals surface area (Å²) in [5.41, 5.74) is 2.98. The number of phenols is 1. The number of phenolic OH excluding ortho intramolecular Hbond substituents is 1. The number of carbonyl (C=O) groups is 1. The Labute approximate surface area is 142 Å². The Morgan fingerprint density at radius 3 is 2.58 bits per heavy atom. The topological polar surface area (TPSA) is 81.6 Å². The Morgan fingerprint density at radius 1 is 1.12 bits per heavy atom. The van der Waals surface area contributed by atoms with Gasteiger partial charge in [-0.15, -0.1) is 0 Å². The second-order valence-electron chi connectivity index (χ2n) is 5.84. The summed E-state index contributed by atoms with van der Waals surface area (Å²) in [6.45, 7) is 2.69. The lowest BCUT2D eigenvalue weighted by molar-refractivity contribution is 0.173. The number of aryl methyl sites for hydroxylation is 2. The van der Waals surface area contributed by atoms with Gasteiger partial charge in [-0.1, -0.05) is 42.0 Å². The molecule has 0 saturated heterocycles. The average molecular weight is 328 g/mol. The van der Waals surface area contributed by atoms with Crippen LogP contribution in [0.25, 0.3) is 0 Å². The van der Waals surface area contributed by atoms with Crippen molar-refractivity contribution in [2.75, 3.05) is 13.1 Å². The molecule has 0 aliphatic heterocycles. The van der Waals surface area contributed by atoms with Crippen LogP contribution in [-0.4, -0.2) is 29.3 Å². The highest BCUT2D eigenvalue weighted by Crippen LogP contribution is 2.13. The monoisotopic (exact) mass is 328 g/mol. The van der Waals surface area contributed by atoms with E-state index in [9.17, 15) is 15.0 Å². The third-order valence-electron chi connectivity index (χ3n) is 3.75. The second-order valence-corrected chi connectivity index (χ2v) is 5.84. The summed E-state index contributed by atoms with van der Waals surface area (Å²) < 4.78 is 0. The van der Waals surface area contributed by atoms with Crippen LogP contribution in [0.1, 0.15) is 29.2 Å². The van der Waals surface area contributed by atoms with Gasteiger partial charge in [0, 0.05) is 13.1 Å². The van der Waals surface area contributed by atoms with Gasteiger partial charge in [0.2, 0.25) is 0 Å². The van der Waals surface area contributed by atoms with E-state index >= 15 is 0 Å². The van der Waals surface area contributed by atoms with Crippen molar-refractivity contribution in [1.82, 2.24) is 10.6 Å². The van der Waals surface area contributed by atoms with E-state index in [4.69, 9.17) is 0 Å². The first-order chi connectivity index (χ1) is 11.5. The standard InChI is InChI=1S/C19H24N2O3/c1-14-4-2-6-16(12-14)18(23)13-21-19(24)20-11-3-5-15-7-9-17(22)10-8-15/h2,4,6-10,12,18,22-23H,3,5,11,13H2,1H3,(H2,20,21,24). The van der Waals surface area contributed by atoms with Crippen molar-refractivity contribution in [2.24, 2.45) is 0 Å². The number of urea groups is 1. The zero-order valence-electron chi connectivity index (χ0n) is 13.8. The quantitative estimate of drug-likeness (QED) is 0.590. The van der Waals surface area contributed by atoms with Crippen LogP contribution in [0.15, 0.2) is 48.5 Å². The fourth-order valence-electron chi connectivity index (χ4n) is 2.40. The highest BCUT2D eigenvalue weighted by atomic mass is 16.3. The molecule has 0 aromatic heterocycles. The molecule has 128 valence electrons. The molecule has 0 spiro atoms. The number of benzene rings is 2. The molecule has 1 unspecified atom stereocenters. The number of hydrogen-bond donors (Lipinski definition) is 4. The van der Waals surface area contributed by atoms with E-state index in [2.05, 4.69) is 10.6 Å². The Kier molecular flexibility index (Phi) is 6.63. The third kappa shape index (κ3) is 5.93. The van der Waals surface area contributed by atoms with Crippen molar-refractivity contribution in [1.29, 1.82) is 0 Å². The Bertz CT molecular complexity index is 656. The van der Waals surface area contributed by atoms with Gasteiger partial charge >= 0.3 is 6.03 Å². The summed E-state index contributed by atoms with van der Waals surface area (Å²) >= 11 is 0. The zero-order chi connectivity index (χ0) is 17.4. The number of hydrogen-bond acceptors (Lipinski definition) is 3. The van der Waals surface area contributed by atoms with Gasteiger partial charge in [-0.05, 0) is 43.0 Å². The lowest BCUT2D eigenvalue weighted by Crippen LogP contribution is -2.38. The van der Waals surface area contributed by atoms with Crippen molar-refractivity contribution in [3.8, 4) is 5.75 Å². The molecule has 0 radical (unpaired) electrons. The molecule has 2 aromatic rings. The summed E-state index contributed by atoms with van der Waals surface area (Å²) in [4.78, 5) is 11.7. The third-order valence-corrected chi connectivity index (χ3v) is 3.75. The molecular weight excluding hydrogens is 304 g/mol. The van der Waals surface area contributed by atoms with Crippen molar-refractivity contribution in [2.45, 2.75) is 25.9 Å². The normalized spacial score (nSPS) is 11.8. The van der Waals surface area contributed by atoms with Crippen molar-refractivity contribution >= 4 is 6.03 Å². The molecule has 0 heterocycles. The van der Waals surface area contributed by atoms with E-state index in [0.717, 1.165) is 29.5 Å². The largest absolute Gasteiger partial charge is 0.508 e. The van der Waals surface area contributed by atoms with Crippen LogP contribution < -0.4 is 10.6 Å². The lowest BCUT2D eigenvalue weighted by Gasteiger charge is -2.13. The molecule has 5 nitrogen and oxygen atoms in total. The van der Waals surface area contributed by atoms with Crippen LogP contribution in [0.2, 0.25) is 0 Å². The number of aliphatic hydroxyl groups is 1. The summed E-state index contributed by atoms with van der Waals surface area (Å²) in [6.07, 6.45) is 0.915. The molecule has 0 fully saturated rings. The van der Waals surface area contributed by atoms with E-state index in [1.165, 1.54) is 0 Å². The van der Waals surface area contributed by atoms with E-state index in [0.29, 0.717) is 6.54 Å². The van der Waals surface area contributed by atoms with Crippen LogP contribution in [0.5, 0.6) is 5.75 Å². The minimum Gasteiger partial charge on any atom is -0.508 e. The minimum atomic E-state index is -0.715. The zero-order valence-corrected chi connectivity index (χ0v) is 13.8. The van der Waals surface area contributed by atoms with Gasteiger partial charge in [0.1, 0.15) is 5.75 Å². The fourth-order valence-corrected chi connectivity index (χ4v) is 2.40. The summed E-state index contributed by atoms with van der Waals surface area (Å²) in [5, 5.41) is 24.7. The van der Waals surface area contributed by atoms with Gasteiger partial charge in [0.15, 0.2) is 0 Å². The molecule has 1 atom stereocenters. The summed E-state index contributed by atoms with van der Waals surface area (Å²) in [6, 6.07) is 14.4. The molecule has 0 aliphatic rings. The van der Waals surface area contributed by atoms with Gasteiger partial charge in [0.05, 0.1) is 6.10 Å². The first-order valence-corrected chi connectivity index (χ1v) is 8.09. The number of amides is 2. The number of carbonyl (C=O) groups excluding carboxylic acids is 1. The maximum Gasteiger partial charge on any atom is 0.314 e. The minimum absolute atomic E-state index is 0.174. The molecule has 5 heteroatoms. The van der Waals surface area contributed by atoms with Crippen LogP contribution in [0.3, 0.4) is 0 Å². The SMILES string of the molecule is Cc1cccc(C(O)CNC(=O)NCCCc2ccc(O)cc2)c1. The number of nitrogens with one attached hydrogen (secondary N) is 2. The van der Waals surface area contributed by atoms with Gasteiger partial charge in [-0.25, -0.2) is 4.79 Å². The maximum absolute atomic E-state index is 11.7. The van der Waals surface area contributed by atoms with Crippen LogP contribution in [-0.2, 0) is 6.42 Å². The molecule has 0 bridgehead atoms. The van der Waals surface area contributed by atoms with Crippen molar-refractivity contribution < 1.29 is 15.0 Å². The molecular formula is C19H24N2O3. The van der Waals surface area contributed by atoms with Crippen LogP contribution in [0.4, 0.5) is 4.79 Å². The predicted octanol–water partition coefficient (Wildman–Crippen LogP) is 2.67. The van der Waals surface area contributed by atoms with E-state index in [1.807, 2.05) is 43.3 Å². The maximum atomic E-state index is 11.7. The van der Waals surface area contributed by atoms with Crippen LogP contribution >= 0.6 is 0 Å². The fraction of sp³-hybridized carbons (Fsp3) is 0.316. The summed E-state index contributed by atoms with van der Waals surface area (Å²) in [7, 11) is 0. The molecule has 24 heavy (non-hydrogen) atoms. The Morgan fingerprint density at radius 2 is 1.88 bits per heavy atom. The number of aliphatic hydroxyl groups excluding tert-OH is 1. The summed E-state index contributed by atoms with van der Waals surface area (Å²) in [5.74, 6) is 0.253. The average Bonchev–Trinajstić information content (AvgIpc) is 2.58. The predicted molar refractivity (Wildman–Crippen MR) is 94.0 cm³/mol.